The van der Waals surface area contributed by atoms with Crippen molar-refractivity contribution in [3.8, 4) is 5.75 Å². The molecule has 0 unspecified atom stereocenters. The largest absolute Gasteiger partial charge is 0.506 e. The van der Waals surface area contributed by atoms with E-state index in [4.69, 9.17) is 5.73 Å². The van der Waals surface area contributed by atoms with Gasteiger partial charge in [0.05, 0.1) is 0 Å². The van der Waals surface area contributed by atoms with Crippen LogP contribution in [-0.2, 0) is 0 Å². The van der Waals surface area contributed by atoms with Crippen molar-refractivity contribution in [1.82, 2.24) is 0 Å². The van der Waals surface area contributed by atoms with Crippen LogP contribution in [0, 0.1) is 0 Å². The molecule has 0 aliphatic carbocycles. The molecule has 0 bridgehead atoms. The first-order valence-corrected chi connectivity index (χ1v) is 6.89. The summed E-state index contributed by atoms with van der Waals surface area (Å²) >= 11 is 1.24. The maximum absolute atomic E-state index is 11.3. The molecule has 0 aliphatic heterocycles. The van der Waals surface area contributed by atoms with Crippen LogP contribution in [0.3, 0.4) is 0 Å². The predicted molar refractivity (Wildman–Crippen MR) is 81.7 cm³/mol. The van der Waals surface area contributed by atoms with E-state index in [2.05, 4.69) is 5.32 Å². The van der Waals surface area contributed by atoms with Crippen LogP contribution in [0.15, 0.2) is 47.8 Å². The Morgan fingerprint density at radius 1 is 1.15 bits per heavy atom. The zero-order chi connectivity index (χ0) is 14.1. The Hall–Kier alpha value is -2.53. The van der Waals surface area contributed by atoms with Gasteiger partial charge in [-0.25, -0.2) is 0 Å². The Balaban J connectivity index is 1.99. The predicted octanol–water partition coefficient (Wildman–Crippen LogP) is 3.45. The number of primary amides is 1. The van der Waals surface area contributed by atoms with Gasteiger partial charge in [-0.2, -0.15) is 0 Å². The van der Waals surface area contributed by atoms with Crippen molar-refractivity contribution in [3.05, 3.63) is 53.4 Å². The van der Waals surface area contributed by atoms with Crippen molar-refractivity contribution < 1.29 is 9.90 Å². The van der Waals surface area contributed by atoms with Crippen LogP contribution >= 0.6 is 11.3 Å². The topological polar surface area (TPSA) is 75.4 Å². The first kappa shape index (κ1) is 12.5. The molecule has 1 amide bonds. The van der Waals surface area contributed by atoms with Crippen LogP contribution in [-0.4, -0.2) is 11.0 Å². The normalized spacial score (nSPS) is 10.6. The van der Waals surface area contributed by atoms with Crippen LogP contribution in [0.1, 0.15) is 10.4 Å². The fourth-order valence-corrected chi connectivity index (χ4v) is 2.92. The molecule has 4 nitrogen and oxygen atoms in total. The SMILES string of the molecule is NC(=O)c1c(O)csc1Nc1ccc2ccccc2c1. The number of hydrogen-bond donors (Lipinski definition) is 3. The molecule has 3 rings (SSSR count). The van der Waals surface area contributed by atoms with Crippen LogP contribution in [0.4, 0.5) is 10.7 Å². The lowest BCUT2D eigenvalue weighted by Gasteiger charge is -2.07. The average molecular weight is 284 g/mol. The molecule has 0 saturated heterocycles. The Bertz CT molecular complexity index is 795. The Kier molecular flexibility index (Phi) is 3.04. The third-order valence-corrected chi connectivity index (χ3v) is 3.91. The quantitative estimate of drug-likeness (QED) is 0.689. The molecule has 0 saturated carbocycles. The van der Waals surface area contributed by atoms with Gasteiger partial charge in [0.1, 0.15) is 16.3 Å². The van der Waals surface area contributed by atoms with E-state index in [0.29, 0.717) is 5.00 Å². The number of rotatable bonds is 3. The van der Waals surface area contributed by atoms with E-state index >= 15 is 0 Å². The summed E-state index contributed by atoms with van der Waals surface area (Å²) in [6.07, 6.45) is 0. The van der Waals surface area contributed by atoms with Crippen LogP contribution < -0.4 is 11.1 Å². The van der Waals surface area contributed by atoms with Crippen LogP contribution in [0.25, 0.3) is 10.8 Å². The zero-order valence-corrected chi connectivity index (χ0v) is 11.3. The highest BCUT2D eigenvalue weighted by atomic mass is 32.1. The molecule has 1 heterocycles. The molecule has 20 heavy (non-hydrogen) atoms. The Morgan fingerprint density at radius 2 is 1.90 bits per heavy atom. The van der Waals surface area contributed by atoms with Crippen molar-refractivity contribution in [1.29, 1.82) is 0 Å². The third kappa shape index (κ3) is 2.19. The number of fused-ring (bicyclic) bond motifs is 1. The summed E-state index contributed by atoms with van der Waals surface area (Å²) in [5, 5.41) is 17.0. The van der Waals surface area contributed by atoms with E-state index in [1.165, 1.54) is 16.7 Å². The van der Waals surface area contributed by atoms with E-state index in [9.17, 15) is 9.90 Å². The van der Waals surface area contributed by atoms with Crippen molar-refractivity contribution in [2.75, 3.05) is 5.32 Å². The highest BCUT2D eigenvalue weighted by Crippen LogP contribution is 2.35. The summed E-state index contributed by atoms with van der Waals surface area (Å²) in [5.41, 5.74) is 6.24. The maximum Gasteiger partial charge on any atom is 0.255 e. The first-order chi connectivity index (χ1) is 9.65. The lowest BCUT2D eigenvalue weighted by atomic mass is 10.1. The number of carbonyl (C=O) groups is 1. The second kappa shape index (κ2) is 4.86. The van der Waals surface area contributed by atoms with Gasteiger partial charge in [-0.1, -0.05) is 30.3 Å². The molecule has 0 fully saturated rings. The summed E-state index contributed by atoms with van der Waals surface area (Å²) in [6, 6.07) is 13.9. The number of hydrogen-bond acceptors (Lipinski definition) is 4. The summed E-state index contributed by atoms with van der Waals surface area (Å²) in [7, 11) is 0. The molecular formula is C15H12N2O2S. The molecule has 5 heteroatoms. The van der Waals surface area contributed by atoms with Crippen LogP contribution in [0.2, 0.25) is 0 Å². The van der Waals surface area contributed by atoms with Gasteiger partial charge in [-0.05, 0) is 22.9 Å². The molecule has 0 aliphatic rings. The molecule has 0 spiro atoms. The van der Waals surface area contributed by atoms with Gasteiger partial charge < -0.3 is 16.2 Å². The second-order valence-electron chi connectivity index (χ2n) is 4.38. The molecular weight excluding hydrogens is 272 g/mol. The smallest absolute Gasteiger partial charge is 0.255 e. The number of carbonyl (C=O) groups excluding carboxylic acids is 1. The van der Waals surface area contributed by atoms with Crippen molar-refractivity contribution in [2.45, 2.75) is 0 Å². The number of amides is 1. The fourth-order valence-electron chi connectivity index (χ4n) is 2.08. The molecule has 0 atom stereocenters. The Labute approximate surface area is 119 Å². The highest BCUT2D eigenvalue weighted by Gasteiger charge is 2.16. The van der Waals surface area contributed by atoms with Gasteiger partial charge in [0.15, 0.2) is 0 Å². The van der Waals surface area contributed by atoms with Crippen LogP contribution in [0.5, 0.6) is 5.75 Å². The number of nitrogens with one attached hydrogen (secondary N) is 1. The van der Waals surface area contributed by atoms with Gasteiger partial charge in [-0.15, -0.1) is 11.3 Å². The lowest BCUT2D eigenvalue weighted by Crippen LogP contribution is -2.11. The molecule has 3 aromatic rings. The van der Waals surface area contributed by atoms with Crippen molar-refractivity contribution >= 4 is 38.7 Å². The summed E-state index contributed by atoms with van der Waals surface area (Å²) in [5.74, 6) is -0.738. The minimum Gasteiger partial charge on any atom is -0.506 e. The van der Waals surface area contributed by atoms with E-state index in [0.717, 1.165) is 16.5 Å². The van der Waals surface area contributed by atoms with E-state index < -0.39 is 5.91 Å². The average Bonchev–Trinajstić information content (AvgIpc) is 2.79. The number of benzene rings is 2. The lowest BCUT2D eigenvalue weighted by molar-refractivity contribution is 0.0999. The number of aromatic hydroxyl groups is 1. The zero-order valence-electron chi connectivity index (χ0n) is 10.5. The number of thiophene rings is 1. The minimum atomic E-state index is -0.646. The van der Waals surface area contributed by atoms with E-state index in [-0.39, 0.29) is 11.3 Å². The van der Waals surface area contributed by atoms with Gasteiger partial charge in [0, 0.05) is 11.1 Å². The number of nitrogens with two attached hydrogens (primary N) is 1. The standard InChI is InChI=1S/C15H12N2O2S/c16-14(19)13-12(18)8-20-15(13)17-11-6-5-9-3-1-2-4-10(9)7-11/h1-8,17-18H,(H2,16,19). The second-order valence-corrected chi connectivity index (χ2v) is 5.26. The molecule has 0 radical (unpaired) electrons. The summed E-state index contributed by atoms with van der Waals surface area (Å²) in [6.45, 7) is 0. The minimum absolute atomic E-state index is 0.0919. The fraction of sp³-hybridized carbons (Fsp3) is 0. The third-order valence-electron chi connectivity index (χ3n) is 3.03. The Morgan fingerprint density at radius 3 is 2.65 bits per heavy atom. The molecule has 4 N–H and O–H groups in total. The van der Waals surface area contributed by atoms with Gasteiger partial charge in [-0.3, -0.25) is 4.79 Å². The summed E-state index contributed by atoms with van der Waals surface area (Å²) in [4.78, 5) is 11.3. The van der Waals surface area contributed by atoms with Gasteiger partial charge in [0.2, 0.25) is 0 Å². The molecule has 100 valence electrons. The summed E-state index contributed by atoms with van der Waals surface area (Å²) < 4.78 is 0. The van der Waals surface area contributed by atoms with E-state index in [1.54, 1.807) is 0 Å². The van der Waals surface area contributed by atoms with Crippen molar-refractivity contribution in [3.63, 3.8) is 0 Å². The molecule has 2 aromatic carbocycles. The highest BCUT2D eigenvalue weighted by molar-refractivity contribution is 7.15. The monoisotopic (exact) mass is 284 g/mol. The van der Waals surface area contributed by atoms with E-state index in [1.807, 2.05) is 42.5 Å². The maximum atomic E-state index is 11.3. The first-order valence-electron chi connectivity index (χ1n) is 6.01. The van der Waals surface area contributed by atoms with Gasteiger partial charge in [0.25, 0.3) is 5.91 Å². The van der Waals surface area contributed by atoms with Gasteiger partial charge >= 0.3 is 0 Å². The molecule has 1 aromatic heterocycles. The number of anilines is 2. The van der Waals surface area contributed by atoms with Crippen molar-refractivity contribution in [2.24, 2.45) is 5.73 Å².